The van der Waals surface area contributed by atoms with Crippen molar-refractivity contribution in [1.82, 2.24) is 0 Å². The molecule has 0 aliphatic rings. The molecule has 8 heteroatoms. The van der Waals surface area contributed by atoms with Crippen molar-refractivity contribution in [2.75, 3.05) is 5.32 Å². The molecule has 0 fully saturated rings. The first-order chi connectivity index (χ1) is 9.79. The van der Waals surface area contributed by atoms with E-state index in [9.17, 15) is 26.7 Å². The smallest absolute Gasteiger partial charge is 0.261 e. The SMILES string of the molecule is O=C(Nc1cc(F)c(Br)cc1F)c1c(F)cc(F)cc1F. The maximum absolute atomic E-state index is 13.5. The Kier molecular flexibility index (Phi) is 4.26. The summed E-state index contributed by atoms with van der Waals surface area (Å²) in [6.45, 7) is 0. The van der Waals surface area contributed by atoms with Crippen molar-refractivity contribution < 1.29 is 26.7 Å². The minimum absolute atomic E-state index is 0.183. The summed E-state index contributed by atoms with van der Waals surface area (Å²) in [5, 5.41) is 1.82. The van der Waals surface area contributed by atoms with Gasteiger partial charge in [-0.3, -0.25) is 4.79 Å². The zero-order chi connectivity index (χ0) is 15.7. The van der Waals surface area contributed by atoms with Gasteiger partial charge in [-0.05, 0) is 22.0 Å². The number of hydrogen-bond acceptors (Lipinski definition) is 1. The molecule has 0 unspecified atom stereocenters. The van der Waals surface area contributed by atoms with Crippen molar-refractivity contribution in [3.05, 3.63) is 63.4 Å². The minimum atomic E-state index is -1.46. The van der Waals surface area contributed by atoms with Gasteiger partial charge >= 0.3 is 0 Å². The van der Waals surface area contributed by atoms with Crippen LogP contribution in [0.5, 0.6) is 0 Å². The van der Waals surface area contributed by atoms with Gasteiger partial charge in [0.25, 0.3) is 5.91 Å². The standard InChI is InChI=1S/C13H5BrF5NO/c14-6-3-8(17)11(4-7(6)16)20-13(21)12-9(18)1-5(15)2-10(12)19/h1-4H,(H,20,21). The summed E-state index contributed by atoms with van der Waals surface area (Å²) in [5.74, 6) is -7.38. The van der Waals surface area contributed by atoms with Crippen LogP contribution in [0, 0.1) is 29.1 Å². The summed E-state index contributed by atoms with van der Waals surface area (Å²) in [4.78, 5) is 11.7. The molecule has 1 amide bonds. The second-order valence-electron chi connectivity index (χ2n) is 3.94. The van der Waals surface area contributed by atoms with Gasteiger partial charge in [-0.15, -0.1) is 0 Å². The topological polar surface area (TPSA) is 29.1 Å². The molecule has 110 valence electrons. The third-order valence-electron chi connectivity index (χ3n) is 2.49. The average molecular weight is 366 g/mol. The van der Waals surface area contributed by atoms with Crippen LogP contribution in [0.25, 0.3) is 0 Å². The van der Waals surface area contributed by atoms with Crippen LogP contribution < -0.4 is 5.32 Å². The van der Waals surface area contributed by atoms with Crippen LogP contribution >= 0.6 is 15.9 Å². The third-order valence-corrected chi connectivity index (χ3v) is 3.10. The zero-order valence-corrected chi connectivity index (χ0v) is 11.6. The van der Waals surface area contributed by atoms with Crippen LogP contribution in [-0.2, 0) is 0 Å². The van der Waals surface area contributed by atoms with E-state index >= 15 is 0 Å². The van der Waals surface area contributed by atoms with Gasteiger partial charge in [0.05, 0.1) is 10.2 Å². The molecule has 0 aliphatic carbocycles. The zero-order valence-electron chi connectivity index (χ0n) is 9.99. The number of amides is 1. The first-order valence-corrected chi connectivity index (χ1v) is 6.19. The second-order valence-corrected chi connectivity index (χ2v) is 4.80. The Morgan fingerprint density at radius 2 is 1.43 bits per heavy atom. The first kappa shape index (κ1) is 15.4. The van der Waals surface area contributed by atoms with Gasteiger partial charge in [-0.2, -0.15) is 0 Å². The lowest BCUT2D eigenvalue weighted by Crippen LogP contribution is -2.17. The Morgan fingerprint density at radius 3 is 2.00 bits per heavy atom. The van der Waals surface area contributed by atoms with Gasteiger partial charge in [0.1, 0.15) is 34.6 Å². The summed E-state index contributed by atoms with van der Waals surface area (Å²) in [5.41, 5.74) is -1.71. The second kappa shape index (κ2) is 5.80. The van der Waals surface area contributed by atoms with Crippen LogP contribution in [-0.4, -0.2) is 5.91 Å². The van der Waals surface area contributed by atoms with Crippen LogP contribution in [0.4, 0.5) is 27.6 Å². The van der Waals surface area contributed by atoms with Crippen LogP contribution in [0.15, 0.2) is 28.7 Å². The van der Waals surface area contributed by atoms with E-state index in [1.807, 2.05) is 5.32 Å². The van der Waals surface area contributed by atoms with Gasteiger partial charge in [-0.25, -0.2) is 22.0 Å². The Morgan fingerprint density at radius 1 is 0.857 bits per heavy atom. The van der Waals surface area contributed by atoms with Crippen molar-refractivity contribution >= 4 is 27.5 Å². The highest BCUT2D eigenvalue weighted by molar-refractivity contribution is 9.10. The van der Waals surface area contributed by atoms with Crippen molar-refractivity contribution in [2.45, 2.75) is 0 Å². The van der Waals surface area contributed by atoms with E-state index in [0.717, 1.165) is 6.07 Å². The molecular formula is C13H5BrF5NO. The maximum atomic E-state index is 13.5. The summed E-state index contributed by atoms with van der Waals surface area (Å²) in [6, 6.07) is 1.98. The fraction of sp³-hybridized carbons (Fsp3) is 0. The predicted molar refractivity (Wildman–Crippen MR) is 68.3 cm³/mol. The molecule has 1 N–H and O–H groups in total. The number of carbonyl (C=O) groups excluding carboxylic acids is 1. The van der Waals surface area contributed by atoms with Crippen LogP contribution in [0.1, 0.15) is 10.4 Å². The molecular weight excluding hydrogens is 361 g/mol. The van der Waals surface area contributed by atoms with Crippen LogP contribution in [0.3, 0.4) is 0 Å². The Hall–Kier alpha value is -1.96. The predicted octanol–water partition coefficient (Wildman–Crippen LogP) is 4.40. The minimum Gasteiger partial charge on any atom is -0.319 e. The van der Waals surface area contributed by atoms with Gasteiger partial charge in [-0.1, -0.05) is 0 Å². The number of hydrogen-bond donors (Lipinski definition) is 1. The number of anilines is 1. The summed E-state index contributed by atoms with van der Waals surface area (Å²) in [7, 11) is 0. The van der Waals surface area contributed by atoms with E-state index in [1.165, 1.54) is 0 Å². The Labute approximate surface area is 123 Å². The van der Waals surface area contributed by atoms with Gasteiger partial charge in [0, 0.05) is 18.2 Å². The lowest BCUT2D eigenvalue weighted by Gasteiger charge is -2.09. The molecule has 21 heavy (non-hydrogen) atoms. The molecule has 0 heterocycles. The summed E-state index contributed by atoms with van der Waals surface area (Å²) >= 11 is 2.73. The van der Waals surface area contributed by atoms with E-state index < -0.39 is 46.2 Å². The highest BCUT2D eigenvalue weighted by Crippen LogP contribution is 2.24. The lowest BCUT2D eigenvalue weighted by molar-refractivity contribution is 0.101. The Balaban J connectivity index is 2.37. The fourth-order valence-electron chi connectivity index (χ4n) is 1.56. The number of carbonyl (C=O) groups is 1. The summed E-state index contributed by atoms with van der Waals surface area (Å²) < 4.78 is 66.1. The highest BCUT2D eigenvalue weighted by atomic mass is 79.9. The number of benzene rings is 2. The molecule has 0 atom stereocenters. The van der Waals surface area contributed by atoms with Crippen molar-refractivity contribution in [3.63, 3.8) is 0 Å². The first-order valence-electron chi connectivity index (χ1n) is 5.40. The van der Waals surface area contributed by atoms with Gasteiger partial charge in [0.2, 0.25) is 0 Å². The monoisotopic (exact) mass is 365 g/mol. The van der Waals surface area contributed by atoms with E-state index in [4.69, 9.17) is 0 Å². The van der Waals surface area contributed by atoms with E-state index in [0.29, 0.717) is 18.2 Å². The van der Waals surface area contributed by atoms with Crippen molar-refractivity contribution in [3.8, 4) is 0 Å². The lowest BCUT2D eigenvalue weighted by atomic mass is 10.1. The van der Waals surface area contributed by atoms with Gasteiger partial charge < -0.3 is 5.32 Å². The fourth-order valence-corrected chi connectivity index (χ4v) is 1.88. The van der Waals surface area contributed by atoms with E-state index in [2.05, 4.69) is 15.9 Å². The van der Waals surface area contributed by atoms with Gasteiger partial charge in [0.15, 0.2) is 0 Å². The highest BCUT2D eigenvalue weighted by Gasteiger charge is 2.20. The average Bonchev–Trinajstić information content (AvgIpc) is 2.34. The molecule has 2 rings (SSSR count). The third kappa shape index (κ3) is 3.21. The van der Waals surface area contributed by atoms with Crippen molar-refractivity contribution in [1.29, 1.82) is 0 Å². The molecule has 0 saturated carbocycles. The molecule has 2 nitrogen and oxygen atoms in total. The number of halogens is 6. The van der Waals surface area contributed by atoms with Crippen LogP contribution in [0.2, 0.25) is 0 Å². The molecule has 0 aromatic heterocycles. The molecule has 2 aromatic carbocycles. The largest absolute Gasteiger partial charge is 0.319 e. The molecule has 0 aliphatic heterocycles. The molecule has 2 aromatic rings. The molecule has 0 radical (unpaired) electrons. The molecule has 0 bridgehead atoms. The summed E-state index contributed by atoms with van der Waals surface area (Å²) in [6.07, 6.45) is 0. The number of rotatable bonds is 2. The normalized spacial score (nSPS) is 10.6. The molecule has 0 spiro atoms. The Bertz CT molecular complexity index is 712. The van der Waals surface area contributed by atoms with Crippen molar-refractivity contribution in [2.24, 2.45) is 0 Å². The van der Waals surface area contributed by atoms with E-state index in [-0.39, 0.29) is 4.47 Å². The van der Waals surface area contributed by atoms with E-state index in [1.54, 1.807) is 0 Å². The molecule has 0 saturated heterocycles. The quantitative estimate of drug-likeness (QED) is 0.620. The number of nitrogens with one attached hydrogen (secondary N) is 1. The maximum Gasteiger partial charge on any atom is 0.261 e.